The molecule has 2 rings (SSSR count). The molecule has 0 fully saturated rings. The second kappa shape index (κ2) is 4.58. The molecule has 84 valence electrons. The molecule has 0 aromatic carbocycles. The van der Waals surface area contributed by atoms with Crippen LogP contribution in [-0.2, 0) is 4.74 Å². The van der Waals surface area contributed by atoms with E-state index < -0.39 is 5.97 Å². The number of aromatic nitrogens is 4. The second-order valence-electron chi connectivity index (χ2n) is 2.70. The van der Waals surface area contributed by atoms with Crippen LogP contribution < -0.4 is 0 Å². The minimum absolute atomic E-state index is 0.0821. The number of carbonyl (C=O) groups is 1. The number of esters is 1. The highest BCUT2D eigenvalue weighted by Gasteiger charge is 2.19. The Labute approximate surface area is 99.8 Å². The molecule has 2 aromatic rings. The molecule has 0 aliphatic rings. The van der Waals surface area contributed by atoms with Gasteiger partial charge in [0.2, 0.25) is 5.13 Å². The van der Waals surface area contributed by atoms with Gasteiger partial charge in [-0.15, -0.1) is 10.2 Å². The lowest BCUT2D eigenvalue weighted by Gasteiger charge is -1.99. The first-order chi connectivity index (χ1) is 7.74. The summed E-state index contributed by atoms with van der Waals surface area (Å²) in [5.74, 6) is -0.546. The molecule has 2 heterocycles. The van der Waals surface area contributed by atoms with Gasteiger partial charge in [-0.25, -0.2) is 9.78 Å². The molecule has 0 saturated heterocycles. The first kappa shape index (κ1) is 11.0. The van der Waals surface area contributed by atoms with Gasteiger partial charge in [-0.3, -0.25) is 4.57 Å². The van der Waals surface area contributed by atoms with Crippen LogP contribution in [0.1, 0.15) is 17.4 Å². The highest BCUT2D eigenvalue weighted by molar-refractivity contribution is 7.11. The first-order valence-corrected chi connectivity index (χ1v) is 5.66. The number of rotatable bonds is 3. The molecule has 0 saturated carbocycles. The Morgan fingerprint density at radius 3 is 3.12 bits per heavy atom. The summed E-state index contributed by atoms with van der Waals surface area (Å²) in [5.41, 5.74) is 1.65. The second-order valence-corrected chi connectivity index (χ2v) is 3.87. The van der Waals surface area contributed by atoms with E-state index in [1.165, 1.54) is 22.2 Å². The van der Waals surface area contributed by atoms with Crippen molar-refractivity contribution in [2.75, 3.05) is 6.61 Å². The number of halogens is 1. The van der Waals surface area contributed by atoms with Crippen LogP contribution in [0.5, 0.6) is 0 Å². The van der Waals surface area contributed by atoms with Gasteiger partial charge in [0.15, 0.2) is 5.69 Å². The molecule has 2 aromatic heterocycles. The van der Waals surface area contributed by atoms with E-state index in [4.69, 9.17) is 16.3 Å². The fourth-order valence-electron chi connectivity index (χ4n) is 1.08. The van der Waals surface area contributed by atoms with Gasteiger partial charge in [-0.2, -0.15) is 0 Å². The highest BCUT2D eigenvalue weighted by atomic mass is 35.5. The quantitative estimate of drug-likeness (QED) is 0.782. The van der Waals surface area contributed by atoms with E-state index in [-0.39, 0.29) is 17.5 Å². The van der Waals surface area contributed by atoms with Crippen molar-refractivity contribution in [3.05, 3.63) is 22.7 Å². The number of imidazole rings is 1. The van der Waals surface area contributed by atoms with Crippen LogP contribution in [0, 0.1) is 0 Å². The zero-order valence-corrected chi connectivity index (χ0v) is 9.83. The Balaban J connectivity index is 2.35. The zero-order chi connectivity index (χ0) is 11.5. The third kappa shape index (κ3) is 1.91. The molecule has 6 nitrogen and oxygen atoms in total. The average Bonchev–Trinajstić information content (AvgIpc) is 2.86. The van der Waals surface area contributed by atoms with Crippen LogP contribution in [0.2, 0.25) is 5.15 Å². The van der Waals surface area contributed by atoms with Gasteiger partial charge in [0.25, 0.3) is 0 Å². The van der Waals surface area contributed by atoms with Crippen LogP contribution >= 0.6 is 22.9 Å². The lowest BCUT2D eigenvalue weighted by atomic mass is 10.5. The van der Waals surface area contributed by atoms with Gasteiger partial charge >= 0.3 is 5.97 Å². The highest BCUT2D eigenvalue weighted by Crippen LogP contribution is 2.21. The van der Waals surface area contributed by atoms with Crippen molar-refractivity contribution in [3.8, 4) is 5.13 Å². The van der Waals surface area contributed by atoms with Crippen molar-refractivity contribution < 1.29 is 9.53 Å². The Morgan fingerprint density at radius 2 is 2.50 bits per heavy atom. The van der Waals surface area contributed by atoms with E-state index in [1.54, 1.807) is 12.4 Å². The third-order valence-electron chi connectivity index (χ3n) is 1.73. The van der Waals surface area contributed by atoms with Crippen LogP contribution in [-0.4, -0.2) is 32.3 Å². The first-order valence-electron chi connectivity index (χ1n) is 4.40. The number of hydrogen-bond donors (Lipinski definition) is 0. The smallest absolute Gasteiger partial charge is 0.360 e. The molecular weight excluding hydrogens is 252 g/mol. The van der Waals surface area contributed by atoms with Gasteiger partial charge in [0, 0.05) is 0 Å². The maximum Gasteiger partial charge on any atom is 0.360 e. The fraction of sp³-hybridized carbons (Fsp3) is 0.250. The SMILES string of the molecule is CCOC(=O)c1ncn(-c2nncs2)c1Cl. The molecule has 0 N–H and O–H groups in total. The summed E-state index contributed by atoms with van der Waals surface area (Å²) in [6.45, 7) is 1.99. The van der Waals surface area contributed by atoms with Gasteiger partial charge in [-0.05, 0) is 6.92 Å². The molecule has 0 radical (unpaired) electrons. The maximum absolute atomic E-state index is 11.4. The summed E-state index contributed by atoms with van der Waals surface area (Å²) < 4.78 is 6.29. The van der Waals surface area contributed by atoms with Crippen LogP contribution in [0.25, 0.3) is 5.13 Å². The molecular formula is C8H7ClN4O2S. The van der Waals surface area contributed by atoms with E-state index in [9.17, 15) is 4.79 Å². The Bertz CT molecular complexity index is 496. The summed E-state index contributed by atoms with van der Waals surface area (Å²) in [5, 5.41) is 8.22. The molecule has 16 heavy (non-hydrogen) atoms. The van der Waals surface area contributed by atoms with Gasteiger partial charge in [-0.1, -0.05) is 22.9 Å². The van der Waals surface area contributed by atoms with Crippen LogP contribution in [0.15, 0.2) is 11.8 Å². The van der Waals surface area contributed by atoms with E-state index >= 15 is 0 Å². The van der Waals surface area contributed by atoms with Gasteiger partial charge < -0.3 is 4.74 Å². The van der Waals surface area contributed by atoms with Crippen LogP contribution in [0.4, 0.5) is 0 Å². The summed E-state index contributed by atoms with van der Waals surface area (Å²) in [7, 11) is 0. The summed E-state index contributed by atoms with van der Waals surface area (Å²) in [6.07, 6.45) is 1.41. The van der Waals surface area contributed by atoms with Crippen molar-refractivity contribution in [1.82, 2.24) is 19.7 Å². The maximum atomic E-state index is 11.4. The molecule has 0 unspecified atom stereocenters. The topological polar surface area (TPSA) is 69.9 Å². The van der Waals surface area contributed by atoms with Gasteiger partial charge in [0.05, 0.1) is 6.61 Å². The molecule has 8 heteroatoms. The third-order valence-corrected chi connectivity index (χ3v) is 2.78. The van der Waals surface area contributed by atoms with Crippen molar-refractivity contribution >= 4 is 28.9 Å². The normalized spacial score (nSPS) is 10.4. The Kier molecular flexibility index (Phi) is 3.16. The van der Waals surface area contributed by atoms with Crippen molar-refractivity contribution in [2.24, 2.45) is 0 Å². The summed E-state index contributed by atoms with van der Waals surface area (Å²) >= 11 is 7.28. The van der Waals surface area contributed by atoms with Crippen molar-refractivity contribution in [3.63, 3.8) is 0 Å². The number of carbonyl (C=O) groups excluding carboxylic acids is 1. The lowest BCUT2D eigenvalue weighted by molar-refractivity contribution is 0.0520. The lowest BCUT2D eigenvalue weighted by Crippen LogP contribution is -2.06. The summed E-state index contributed by atoms with van der Waals surface area (Å²) in [6, 6.07) is 0. The minimum Gasteiger partial charge on any atom is -0.461 e. The average molecular weight is 259 g/mol. The standard InChI is InChI=1S/C8H7ClN4O2S/c1-2-15-7(14)5-6(9)13(3-10-5)8-12-11-4-16-8/h3-4H,2H2,1H3. The predicted octanol–water partition coefficient (Wildman–Crippen LogP) is 1.55. The monoisotopic (exact) mass is 258 g/mol. The predicted molar refractivity (Wildman–Crippen MR) is 58.0 cm³/mol. The molecule has 0 bridgehead atoms. The molecule has 0 amide bonds. The number of hydrogen-bond acceptors (Lipinski definition) is 6. The van der Waals surface area contributed by atoms with Crippen molar-refractivity contribution in [2.45, 2.75) is 6.92 Å². The van der Waals surface area contributed by atoms with Crippen molar-refractivity contribution in [1.29, 1.82) is 0 Å². The van der Waals surface area contributed by atoms with Gasteiger partial charge in [0.1, 0.15) is 17.0 Å². The summed E-state index contributed by atoms with van der Waals surface area (Å²) in [4.78, 5) is 15.3. The zero-order valence-electron chi connectivity index (χ0n) is 8.25. The Hall–Kier alpha value is -1.47. The van der Waals surface area contributed by atoms with E-state index in [0.29, 0.717) is 5.13 Å². The van der Waals surface area contributed by atoms with E-state index in [1.807, 2.05) is 0 Å². The minimum atomic E-state index is -0.546. The van der Waals surface area contributed by atoms with E-state index in [0.717, 1.165) is 0 Å². The molecule has 0 aliphatic carbocycles. The molecule has 0 atom stereocenters. The fourth-order valence-corrected chi connectivity index (χ4v) is 1.91. The number of nitrogens with zero attached hydrogens (tertiary/aromatic N) is 4. The van der Waals surface area contributed by atoms with Crippen LogP contribution in [0.3, 0.4) is 0 Å². The molecule has 0 spiro atoms. The van der Waals surface area contributed by atoms with E-state index in [2.05, 4.69) is 15.2 Å². The largest absolute Gasteiger partial charge is 0.461 e. The molecule has 0 aliphatic heterocycles. The number of ether oxygens (including phenoxy) is 1. The Morgan fingerprint density at radius 1 is 1.69 bits per heavy atom.